The average Bonchev–Trinajstić information content (AvgIpc) is 2.59. The second-order valence-corrected chi connectivity index (χ2v) is 4.56. The van der Waals surface area contributed by atoms with Gasteiger partial charge in [0.1, 0.15) is 5.60 Å². The predicted molar refractivity (Wildman–Crippen MR) is 57.5 cm³/mol. The quantitative estimate of drug-likeness (QED) is 0.820. The van der Waals surface area contributed by atoms with Crippen molar-refractivity contribution in [1.82, 2.24) is 4.90 Å². The molecule has 2 nitrogen and oxygen atoms in total. The molecule has 5 heteroatoms. The van der Waals surface area contributed by atoms with Crippen LogP contribution in [-0.2, 0) is 11.8 Å². The Balaban J connectivity index is 2.46. The van der Waals surface area contributed by atoms with E-state index in [1.165, 1.54) is 18.2 Å². The zero-order valence-electron chi connectivity index (χ0n) is 9.46. The molecule has 1 saturated heterocycles. The molecule has 1 atom stereocenters. The molecule has 0 amide bonds. The van der Waals surface area contributed by atoms with Gasteiger partial charge in [-0.1, -0.05) is 18.2 Å². The molecule has 1 aliphatic rings. The number of β-amino-alcohol motifs (C(OH)–C–C–N with tert-alkyl or cyclic N) is 1. The third kappa shape index (κ3) is 2.30. The Morgan fingerprint density at radius 3 is 2.47 bits per heavy atom. The van der Waals surface area contributed by atoms with Gasteiger partial charge in [0.25, 0.3) is 0 Å². The third-order valence-corrected chi connectivity index (χ3v) is 3.17. The Bertz CT molecular complexity index is 418. The summed E-state index contributed by atoms with van der Waals surface area (Å²) in [6.07, 6.45) is -4.09. The normalized spacial score (nSPS) is 26.4. The number of rotatable bonds is 1. The van der Waals surface area contributed by atoms with Crippen LogP contribution in [0.15, 0.2) is 24.3 Å². The van der Waals surface area contributed by atoms with Gasteiger partial charge >= 0.3 is 6.18 Å². The van der Waals surface area contributed by atoms with E-state index >= 15 is 0 Å². The van der Waals surface area contributed by atoms with Gasteiger partial charge < -0.3 is 10.0 Å². The first-order chi connectivity index (χ1) is 7.83. The van der Waals surface area contributed by atoms with Crippen LogP contribution in [0.3, 0.4) is 0 Å². The highest BCUT2D eigenvalue weighted by atomic mass is 19.4. The van der Waals surface area contributed by atoms with Crippen LogP contribution in [0.5, 0.6) is 0 Å². The number of aliphatic hydroxyl groups is 1. The third-order valence-electron chi connectivity index (χ3n) is 3.17. The first-order valence-corrected chi connectivity index (χ1v) is 5.40. The standard InChI is InChI=1S/C12H14F3NO/c1-16-7-6-11(17,8-16)9-4-2-3-5-10(9)12(13,14)15/h2-5,17H,6-8H2,1H3. The van der Waals surface area contributed by atoms with Gasteiger partial charge in [-0.05, 0) is 25.1 Å². The van der Waals surface area contributed by atoms with Gasteiger partial charge in [-0.25, -0.2) is 0 Å². The van der Waals surface area contributed by atoms with Crippen molar-refractivity contribution in [1.29, 1.82) is 0 Å². The van der Waals surface area contributed by atoms with Crippen LogP contribution in [0.1, 0.15) is 17.5 Å². The molecule has 94 valence electrons. The van der Waals surface area contributed by atoms with E-state index in [0.717, 1.165) is 6.07 Å². The molecule has 1 N–H and O–H groups in total. The van der Waals surface area contributed by atoms with Gasteiger partial charge in [0.2, 0.25) is 0 Å². The van der Waals surface area contributed by atoms with Crippen molar-refractivity contribution >= 4 is 0 Å². The van der Waals surface area contributed by atoms with Gasteiger partial charge in [-0.3, -0.25) is 0 Å². The van der Waals surface area contributed by atoms with Gasteiger partial charge in [-0.2, -0.15) is 13.2 Å². The van der Waals surface area contributed by atoms with Crippen molar-refractivity contribution < 1.29 is 18.3 Å². The van der Waals surface area contributed by atoms with Crippen molar-refractivity contribution in [3.63, 3.8) is 0 Å². The summed E-state index contributed by atoms with van der Waals surface area (Å²) >= 11 is 0. The lowest BCUT2D eigenvalue weighted by molar-refractivity contribution is -0.140. The fraction of sp³-hybridized carbons (Fsp3) is 0.500. The maximum absolute atomic E-state index is 12.8. The number of hydrogen-bond donors (Lipinski definition) is 1. The van der Waals surface area contributed by atoms with Crippen molar-refractivity contribution in [2.24, 2.45) is 0 Å². The minimum Gasteiger partial charge on any atom is -0.384 e. The molecule has 0 aromatic heterocycles. The Kier molecular flexibility index (Phi) is 2.91. The Labute approximate surface area is 97.7 Å². The molecule has 17 heavy (non-hydrogen) atoms. The molecule has 0 aliphatic carbocycles. The van der Waals surface area contributed by atoms with E-state index in [9.17, 15) is 18.3 Å². The van der Waals surface area contributed by atoms with Gasteiger partial charge in [0.05, 0.1) is 5.56 Å². The molecule has 0 spiro atoms. The Morgan fingerprint density at radius 2 is 1.94 bits per heavy atom. The second-order valence-electron chi connectivity index (χ2n) is 4.56. The number of alkyl halides is 3. The molecule has 1 aromatic rings. The van der Waals surface area contributed by atoms with Gasteiger partial charge in [-0.15, -0.1) is 0 Å². The molecule has 0 saturated carbocycles. The average molecular weight is 245 g/mol. The molecule has 1 aromatic carbocycles. The molecule has 1 unspecified atom stereocenters. The van der Waals surface area contributed by atoms with E-state index in [2.05, 4.69) is 0 Å². The van der Waals surface area contributed by atoms with Crippen molar-refractivity contribution in [2.75, 3.05) is 20.1 Å². The fourth-order valence-electron chi connectivity index (χ4n) is 2.34. The largest absolute Gasteiger partial charge is 0.416 e. The van der Waals surface area contributed by atoms with E-state index in [4.69, 9.17) is 0 Å². The molecule has 1 aliphatic heterocycles. The number of benzene rings is 1. The summed E-state index contributed by atoms with van der Waals surface area (Å²) in [7, 11) is 1.79. The first kappa shape index (κ1) is 12.4. The summed E-state index contributed by atoms with van der Waals surface area (Å²) in [6.45, 7) is 0.836. The van der Waals surface area contributed by atoms with Crippen LogP contribution in [0, 0.1) is 0 Å². The minimum absolute atomic E-state index is 0.0168. The van der Waals surface area contributed by atoms with Crippen molar-refractivity contribution in [3.8, 4) is 0 Å². The molecule has 0 radical (unpaired) electrons. The number of halogens is 3. The monoisotopic (exact) mass is 245 g/mol. The summed E-state index contributed by atoms with van der Waals surface area (Å²) in [5, 5.41) is 10.3. The SMILES string of the molecule is CN1CCC(O)(c2ccccc2C(F)(F)F)C1. The molecule has 1 fully saturated rings. The summed E-state index contributed by atoms with van der Waals surface area (Å²) in [4.78, 5) is 1.83. The maximum atomic E-state index is 12.8. The smallest absolute Gasteiger partial charge is 0.384 e. The van der Waals surface area contributed by atoms with Gasteiger partial charge in [0.15, 0.2) is 0 Å². The predicted octanol–water partition coefficient (Wildman–Crippen LogP) is 2.23. The van der Waals surface area contributed by atoms with Crippen LogP contribution in [-0.4, -0.2) is 30.1 Å². The second kappa shape index (κ2) is 3.99. The Morgan fingerprint density at radius 1 is 1.29 bits per heavy atom. The maximum Gasteiger partial charge on any atom is 0.416 e. The zero-order chi connectivity index (χ0) is 12.7. The highest BCUT2D eigenvalue weighted by Crippen LogP contribution is 2.40. The molecular weight excluding hydrogens is 231 g/mol. The Hall–Kier alpha value is -1.07. The van der Waals surface area contributed by atoms with Crippen molar-refractivity contribution in [3.05, 3.63) is 35.4 Å². The van der Waals surface area contributed by atoms with E-state index < -0.39 is 17.3 Å². The number of likely N-dealkylation sites (N-methyl/N-ethyl adjacent to an activating group) is 1. The number of nitrogens with zero attached hydrogens (tertiary/aromatic N) is 1. The molecule has 0 bridgehead atoms. The highest BCUT2D eigenvalue weighted by molar-refractivity contribution is 5.35. The lowest BCUT2D eigenvalue weighted by Crippen LogP contribution is -2.31. The van der Waals surface area contributed by atoms with Crippen LogP contribution in [0.2, 0.25) is 0 Å². The zero-order valence-corrected chi connectivity index (χ0v) is 9.46. The summed E-state index contributed by atoms with van der Waals surface area (Å²) < 4.78 is 38.5. The fourth-order valence-corrected chi connectivity index (χ4v) is 2.34. The summed E-state index contributed by atoms with van der Waals surface area (Å²) in [5.74, 6) is 0. The van der Waals surface area contributed by atoms with Crippen LogP contribution in [0.25, 0.3) is 0 Å². The lowest BCUT2D eigenvalue weighted by atomic mass is 9.89. The van der Waals surface area contributed by atoms with Gasteiger partial charge in [0, 0.05) is 13.1 Å². The van der Waals surface area contributed by atoms with Crippen molar-refractivity contribution in [2.45, 2.75) is 18.2 Å². The first-order valence-electron chi connectivity index (χ1n) is 5.40. The van der Waals surface area contributed by atoms with E-state index in [1.54, 1.807) is 7.05 Å². The molecule has 2 rings (SSSR count). The summed E-state index contributed by atoms with van der Waals surface area (Å²) in [6, 6.07) is 5.25. The van der Waals surface area contributed by atoms with Crippen LogP contribution >= 0.6 is 0 Å². The molecule has 1 heterocycles. The van der Waals surface area contributed by atoms with E-state index in [1.807, 2.05) is 4.90 Å². The number of hydrogen-bond acceptors (Lipinski definition) is 2. The topological polar surface area (TPSA) is 23.5 Å². The summed E-state index contributed by atoms with van der Waals surface area (Å²) in [5.41, 5.74) is -2.14. The van der Waals surface area contributed by atoms with E-state index in [0.29, 0.717) is 13.0 Å². The van der Waals surface area contributed by atoms with E-state index in [-0.39, 0.29) is 12.1 Å². The minimum atomic E-state index is -4.42. The van der Waals surface area contributed by atoms with Crippen LogP contribution < -0.4 is 0 Å². The lowest BCUT2D eigenvalue weighted by Gasteiger charge is -2.26. The van der Waals surface area contributed by atoms with Crippen LogP contribution in [0.4, 0.5) is 13.2 Å². The highest BCUT2D eigenvalue weighted by Gasteiger charge is 2.43. The number of likely N-dealkylation sites (tertiary alicyclic amines) is 1. The molecular formula is C12H14F3NO.